The van der Waals surface area contributed by atoms with Crippen molar-refractivity contribution >= 4 is 44.9 Å². The fourth-order valence-electron chi connectivity index (χ4n) is 2.29. The molecule has 1 aliphatic rings. The van der Waals surface area contributed by atoms with Crippen molar-refractivity contribution in [1.29, 1.82) is 0 Å². The van der Waals surface area contributed by atoms with Gasteiger partial charge < -0.3 is 4.90 Å². The van der Waals surface area contributed by atoms with Crippen LogP contribution in [0.2, 0.25) is 0 Å². The normalized spacial score (nSPS) is 18.5. The molecule has 2 nitrogen and oxygen atoms in total. The molecule has 0 bridgehead atoms. The summed E-state index contributed by atoms with van der Waals surface area (Å²) in [6.45, 7) is 2.92. The highest BCUT2D eigenvalue weighted by Crippen LogP contribution is 2.41. The number of nitrogens with zero attached hydrogens (tertiary/aromatic N) is 1. The molecule has 1 atom stereocenters. The molecule has 0 aliphatic carbocycles. The number of hydrogen-bond acceptors (Lipinski definition) is 3. The number of halogens is 1. The third kappa shape index (κ3) is 2.80. The van der Waals surface area contributed by atoms with Crippen LogP contribution in [-0.4, -0.2) is 23.1 Å². The zero-order valence-corrected chi connectivity index (χ0v) is 14.2. The summed E-state index contributed by atoms with van der Waals surface area (Å²) in [6.07, 6.45) is 0. The van der Waals surface area contributed by atoms with Crippen LogP contribution in [0.25, 0.3) is 0 Å². The molecule has 1 saturated heterocycles. The zero-order chi connectivity index (χ0) is 14.1. The van der Waals surface area contributed by atoms with Crippen molar-refractivity contribution in [2.24, 2.45) is 0 Å². The fourth-order valence-corrected chi connectivity index (χ4v) is 5.06. The van der Waals surface area contributed by atoms with Gasteiger partial charge in [0.2, 0.25) is 0 Å². The van der Waals surface area contributed by atoms with Gasteiger partial charge in [-0.05, 0) is 37.3 Å². The molecule has 1 aromatic carbocycles. The Balaban J connectivity index is 1.87. The summed E-state index contributed by atoms with van der Waals surface area (Å²) in [5, 5.41) is 0.167. The van der Waals surface area contributed by atoms with Crippen molar-refractivity contribution in [2.75, 3.05) is 12.3 Å². The second-order valence-corrected chi connectivity index (χ2v) is 8.10. The number of thioether (sulfide) groups is 1. The number of amides is 1. The van der Waals surface area contributed by atoms with E-state index in [0.29, 0.717) is 0 Å². The number of carbonyl (C=O) groups is 1. The van der Waals surface area contributed by atoms with Crippen LogP contribution in [-0.2, 0) is 0 Å². The van der Waals surface area contributed by atoms with Crippen LogP contribution in [0.5, 0.6) is 0 Å². The molecular formula is C15H14BrNOS2. The van der Waals surface area contributed by atoms with E-state index in [1.54, 1.807) is 11.3 Å². The molecule has 20 heavy (non-hydrogen) atoms. The van der Waals surface area contributed by atoms with Gasteiger partial charge in [-0.3, -0.25) is 4.79 Å². The maximum absolute atomic E-state index is 12.7. The van der Waals surface area contributed by atoms with Gasteiger partial charge in [0.15, 0.2) is 0 Å². The number of benzene rings is 1. The minimum absolute atomic E-state index is 0.118. The molecule has 5 heteroatoms. The average molecular weight is 368 g/mol. The van der Waals surface area contributed by atoms with E-state index in [0.717, 1.165) is 22.3 Å². The Morgan fingerprint density at radius 3 is 2.90 bits per heavy atom. The van der Waals surface area contributed by atoms with E-state index in [1.165, 1.54) is 9.75 Å². The Hall–Kier alpha value is -0.780. The molecule has 1 aromatic heterocycles. The monoisotopic (exact) mass is 367 g/mol. The Morgan fingerprint density at radius 2 is 2.20 bits per heavy atom. The van der Waals surface area contributed by atoms with Crippen molar-refractivity contribution < 1.29 is 4.79 Å². The van der Waals surface area contributed by atoms with E-state index in [1.807, 2.05) is 40.9 Å². The van der Waals surface area contributed by atoms with E-state index in [2.05, 4.69) is 35.0 Å². The lowest BCUT2D eigenvalue weighted by molar-refractivity contribution is 0.0762. The molecule has 1 fully saturated rings. The lowest BCUT2D eigenvalue weighted by Gasteiger charge is -2.23. The molecule has 3 rings (SSSR count). The minimum atomic E-state index is 0.118. The predicted molar refractivity (Wildman–Crippen MR) is 89.4 cm³/mol. The first-order valence-corrected chi connectivity index (χ1v) is 9.05. The molecule has 0 spiro atoms. The van der Waals surface area contributed by atoms with Crippen LogP contribution < -0.4 is 0 Å². The molecule has 0 N–H and O–H groups in total. The van der Waals surface area contributed by atoms with E-state index >= 15 is 0 Å². The molecule has 0 radical (unpaired) electrons. The van der Waals surface area contributed by atoms with Crippen LogP contribution in [0.4, 0.5) is 0 Å². The van der Waals surface area contributed by atoms with Gasteiger partial charge in [0.05, 0.1) is 0 Å². The third-order valence-corrected chi connectivity index (χ3v) is 6.17. The second kappa shape index (κ2) is 5.92. The van der Waals surface area contributed by atoms with Gasteiger partial charge in [0.25, 0.3) is 5.91 Å². The molecule has 2 heterocycles. The molecule has 0 unspecified atom stereocenters. The van der Waals surface area contributed by atoms with Crippen molar-refractivity contribution in [3.05, 3.63) is 56.2 Å². The molecule has 104 valence electrons. The maximum atomic E-state index is 12.7. The first-order chi connectivity index (χ1) is 9.65. The zero-order valence-electron chi connectivity index (χ0n) is 11.0. The molecular weight excluding hydrogens is 354 g/mol. The van der Waals surface area contributed by atoms with Gasteiger partial charge in [-0.2, -0.15) is 0 Å². The van der Waals surface area contributed by atoms with Crippen LogP contribution >= 0.6 is 39.0 Å². The standard InChI is InChI=1S/C15H14BrNOS2/c1-10-5-6-13(20-10)15-17(7-8-19-15)14(18)11-3-2-4-12(16)9-11/h2-6,9,15H,7-8H2,1H3/t15-/m1/s1. The largest absolute Gasteiger partial charge is 0.321 e. The van der Waals surface area contributed by atoms with E-state index in [-0.39, 0.29) is 11.3 Å². The van der Waals surface area contributed by atoms with Gasteiger partial charge in [-0.25, -0.2) is 0 Å². The van der Waals surface area contributed by atoms with Crippen LogP contribution in [0.1, 0.15) is 25.5 Å². The summed E-state index contributed by atoms with van der Waals surface area (Å²) < 4.78 is 0.943. The van der Waals surface area contributed by atoms with Crippen LogP contribution in [0, 0.1) is 6.92 Å². The Kier molecular flexibility index (Phi) is 4.19. The fraction of sp³-hybridized carbons (Fsp3) is 0.267. The number of carbonyl (C=O) groups excluding carboxylic acids is 1. The second-order valence-electron chi connectivity index (χ2n) is 4.68. The van der Waals surface area contributed by atoms with E-state index in [9.17, 15) is 4.79 Å². The van der Waals surface area contributed by atoms with Gasteiger partial charge >= 0.3 is 0 Å². The average Bonchev–Trinajstić information content (AvgIpc) is 3.06. The van der Waals surface area contributed by atoms with Crippen molar-refractivity contribution in [1.82, 2.24) is 4.90 Å². The third-order valence-electron chi connectivity index (χ3n) is 3.23. The number of thiophene rings is 1. The molecule has 1 amide bonds. The number of aryl methyl sites for hydroxylation is 1. The lowest BCUT2D eigenvalue weighted by atomic mass is 10.2. The summed E-state index contributed by atoms with van der Waals surface area (Å²) in [5.74, 6) is 1.12. The van der Waals surface area contributed by atoms with Crippen molar-refractivity contribution in [2.45, 2.75) is 12.3 Å². The SMILES string of the molecule is Cc1ccc([C@H]2SCCN2C(=O)c2cccc(Br)c2)s1. The summed E-state index contributed by atoms with van der Waals surface area (Å²) >= 11 is 7.06. The lowest BCUT2D eigenvalue weighted by Crippen LogP contribution is -2.30. The van der Waals surface area contributed by atoms with Crippen LogP contribution in [0.3, 0.4) is 0 Å². The summed E-state index contributed by atoms with van der Waals surface area (Å²) in [5.41, 5.74) is 0.750. The highest BCUT2D eigenvalue weighted by Gasteiger charge is 2.32. The number of hydrogen-bond donors (Lipinski definition) is 0. The van der Waals surface area contributed by atoms with Gasteiger partial charge in [-0.1, -0.05) is 22.0 Å². The van der Waals surface area contributed by atoms with Crippen molar-refractivity contribution in [3.63, 3.8) is 0 Å². The molecule has 0 saturated carbocycles. The first-order valence-electron chi connectivity index (χ1n) is 6.39. The Morgan fingerprint density at radius 1 is 1.35 bits per heavy atom. The highest BCUT2D eigenvalue weighted by atomic mass is 79.9. The highest BCUT2D eigenvalue weighted by molar-refractivity contribution is 9.10. The van der Waals surface area contributed by atoms with Gasteiger partial charge in [0.1, 0.15) is 5.37 Å². The summed E-state index contributed by atoms with van der Waals surface area (Å²) in [7, 11) is 0. The quantitative estimate of drug-likeness (QED) is 0.765. The summed E-state index contributed by atoms with van der Waals surface area (Å²) in [4.78, 5) is 17.2. The smallest absolute Gasteiger partial charge is 0.255 e. The first kappa shape index (κ1) is 14.2. The number of rotatable bonds is 2. The van der Waals surface area contributed by atoms with Crippen LogP contribution in [0.15, 0.2) is 40.9 Å². The topological polar surface area (TPSA) is 20.3 Å². The van der Waals surface area contributed by atoms with Gasteiger partial charge in [0, 0.05) is 32.1 Å². The maximum Gasteiger partial charge on any atom is 0.255 e. The van der Waals surface area contributed by atoms with Crippen molar-refractivity contribution in [3.8, 4) is 0 Å². The predicted octanol–water partition coefficient (Wildman–Crippen LogP) is 4.71. The van der Waals surface area contributed by atoms with Gasteiger partial charge in [-0.15, -0.1) is 23.1 Å². The summed E-state index contributed by atoms with van der Waals surface area (Å²) in [6, 6.07) is 11.9. The Bertz CT molecular complexity index is 640. The molecule has 2 aromatic rings. The Labute approximate surface area is 135 Å². The molecule has 1 aliphatic heterocycles. The van der Waals surface area contributed by atoms with E-state index in [4.69, 9.17) is 0 Å². The van der Waals surface area contributed by atoms with E-state index < -0.39 is 0 Å². The minimum Gasteiger partial charge on any atom is -0.321 e.